The van der Waals surface area contributed by atoms with E-state index < -0.39 is 10.8 Å². The van der Waals surface area contributed by atoms with Crippen LogP contribution in [0.4, 0.5) is 5.00 Å². The molecule has 0 saturated heterocycles. The summed E-state index contributed by atoms with van der Waals surface area (Å²) in [7, 11) is 0. The van der Waals surface area contributed by atoms with Crippen LogP contribution in [0.25, 0.3) is 0 Å². The Hall–Kier alpha value is -1.47. The van der Waals surface area contributed by atoms with E-state index in [1.807, 2.05) is 0 Å². The molecule has 15 heavy (non-hydrogen) atoms. The molecule has 1 amide bonds. The Morgan fingerprint density at radius 3 is 2.87 bits per heavy atom. The van der Waals surface area contributed by atoms with E-state index >= 15 is 0 Å². The zero-order valence-electron chi connectivity index (χ0n) is 7.97. The molecular weight excluding hydrogens is 220 g/mol. The Morgan fingerprint density at radius 2 is 2.40 bits per heavy atom. The molecule has 0 radical (unpaired) electrons. The molecule has 0 aromatic carbocycles. The normalized spacial score (nSPS) is 12.1. The zero-order chi connectivity index (χ0) is 11.4. The van der Waals surface area contributed by atoms with Crippen molar-refractivity contribution in [2.75, 3.05) is 6.61 Å². The second kappa shape index (κ2) is 4.85. The summed E-state index contributed by atoms with van der Waals surface area (Å²) in [5, 5.41) is 21.5. The molecule has 82 valence electrons. The fraction of sp³-hybridized carbons (Fsp3) is 0.375. The Bertz CT molecular complexity index is 376. The SMILES string of the molecule is C[C@H](CO)NC(=O)c1ccc([N+](=O)[O-])s1. The van der Waals surface area contributed by atoms with E-state index in [2.05, 4.69) is 5.32 Å². The lowest BCUT2D eigenvalue weighted by atomic mass is 10.3. The molecule has 0 unspecified atom stereocenters. The van der Waals surface area contributed by atoms with E-state index in [9.17, 15) is 14.9 Å². The van der Waals surface area contributed by atoms with Crippen molar-refractivity contribution in [3.63, 3.8) is 0 Å². The first-order chi connectivity index (χ1) is 7.04. The summed E-state index contributed by atoms with van der Waals surface area (Å²) < 4.78 is 0. The third-order valence-corrected chi connectivity index (χ3v) is 2.68. The van der Waals surface area contributed by atoms with Gasteiger partial charge in [0.1, 0.15) is 0 Å². The van der Waals surface area contributed by atoms with Gasteiger partial charge in [-0.1, -0.05) is 11.3 Å². The van der Waals surface area contributed by atoms with Gasteiger partial charge in [0, 0.05) is 12.1 Å². The fourth-order valence-electron chi connectivity index (χ4n) is 0.888. The smallest absolute Gasteiger partial charge is 0.324 e. The predicted molar refractivity (Wildman–Crippen MR) is 55.0 cm³/mol. The predicted octanol–water partition coefficient (Wildman–Crippen LogP) is 0.767. The van der Waals surface area contributed by atoms with E-state index in [0.29, 0.717) is 0 Å². The molecule has 6 nitrogen and oxygen atoms in total. The molecule has 0 aliphatic heterocycles. The van der Waals surface area contributed by atoms with Crippen LogP contribution in [0.2, 0.25) is 0 Å². The molecule has 0 aliphatic rings. The minimum Gasteiger partial charge on any atom is -0.394 e. The van der Waals surface area contributed by atoms with Crippen LogP contribution < -0.4 is 5.32 Å². The van der Waals surface area contributed by atoms with Gasteiger partial charge in [0.2, 0.25) is 0 Å². The van der Waals surface area contributed by atoms with E-state index in [1.165, 1.54) is 12.1 Å². The topological polar surface area (TPSA) is 92.5 Å². The monoisotopic (exact) mass is 230 g/mol. The van der Waals surface area contributed by atoms with Gasteiger partial charge >= 0.3 is 5.00 Å². The number of hydrogen-bond donors (Lipinski definition) is 2. The summed E-state index contributed by atoms with van der Waals surface area (Å²) in [5.41, 5.74) is 0. The number of aliphatic hydroxyl groups is 1. The molecule has 1 aromatic rings. The Balaban J connectivity index is 2.70. The van der Waals surface area contributed by atoms with Gasteiger partial charge in [-0.25, -0.2) is 0 Å². The van der Waals surface area contributed by atoms with Gasteiger partial charge in [-0.2, -0.15) is 0 Å². The highest BCUT2D eigenvalue weighted by molar-refractivity contribution is 7.17. The van der Waals surface area contributed by atoms with Crippen LogP contribution in [-0.4, -0.2) is 28.6 Å². The lowest BCUT2D eigenvalue weighted by Gasteiger charge is -2.08. The maximum atomic E-state index is 11.4. The number of thiophene rings is 1. The fourth-order valence-corrected chi connectivity index (χ4v) is 1.61. The number of aliphatic hydroxyl groups excluding tert-OH is 1. The molecule has 7 heteroatoms. The number of carbonyl (C=O) groups excluding carboxylic acids is 1. The zero-order valence-corrected chi connectivity index (χ0v) is 8.78. The molecule has 1 heterocycles. The molecule has 0 spiro atoms. The summed E-state index contributed by atoms with van der Waals surface area (Å²) in [6, 6.07) is 2.31. The Kier molecular flexibility index (Phi) is 3.75. The van der Waals surface area contributed by atoms with Crippen molar-refractivity contribution in [1.82, 2.24) is 5.32 Å². The summed E-state index contributed by atoms with van der Waals surface area (Å²) in [6.45, 7) is 1.47. The minimum atomic E-state index is -0.545. The van der Waals surface area contributed by atoms with E-state index in [0.717, 1.165) is 11.3 Å². The van der Waals surface area contributed by atoms with Crippen LogP contribution in [0.1, 0.15) is 16.6 Å². The second-order valence-corrected chi connectivity index (χ2v) is 4.01. The van der Waals surface area contributed by atoms with Gasteiger partial charge in [-0.05, 0) is 13.0 Å². The van der Waals surface area contributed by atoms with Crippen molar-refractivity contribution < 1.29 is 14.8 Å². The van der Waals surface area contributed by atoms with Gasteiger partial charge in [-0.15, -0.1) is 0 Å². The third-order valence-electron chi connectivity index (χ3n) is 1.65. The molecule has 1 atom stereocenters. The summed E-state index contributed by atoms with van der Waals surface area (Å²) in [6.07, 6.45) is 0. The number of nitro groups is 1. The molecule has 2 N–H and O–H groups in total. The van der Waals surface area contributed by atoms with Crippen molar-refractivity contribution in [2.24, 2.45) is 0 Å². The number of nitrogens with one attached hydrogen (secondary N) is 1. The molecular formula is C8H10N2O4S. The third kappa shape index (κ3) is 3.00. The van der Waals surface area contributed by atoms with Crippen molar-refractivity contribution in [1.29, 1.82) is 0 Å². The van der Waals surface area contributed by atoms with Crippen molar-refractivity contribution in [3.8, 4) is 0 Å². The van der Waals surface area contributed by atoms with Crippen molar-refractivity contribution in [2.45, 2.75) is 13.0 Å². The molecule has 0 fully saturated rings. The first-order valence-corrected chi connectivity index (χ1v) is 5.02. The number of hydrogen-bond acceptors (Lipinski definition) is 5. The summed E-state index contributed by atoms with van der Waals surface area (Å²) in [5.74, 6) is -0.408. The van der Waals surface area contributed by atoms with Gasteiger partial charge in [0.25, 0.3) is 5.91 Å². The minimum absolute atomic E-state index is 0.0724. The maximum absolute atomic E-state index is 11.4. The van der Waals surface area contributed by atoms with Crippen LogP contribution >= 0.6 is 11.3 Å². The van der Waals surface area contributed by atoms with Crippen LogP contribution in [-0.2, 0) is 0 Å². The van der Waals surface area contributed by atoms with Crippen LogP contribution in [0.3, 0.4) is 0 Å². The van der Waals surface area contributed by atoms with Crippen molar-refractivity contribution in [3.05, 3.63) is 27.1 Å². The highest BCUT2D eigenvalue weighted by Crippen LogP contribution is 2.23. The second-order valence-electron chi connectivity index (χ2n) is 2.95. The van der Waals surface area contributed by atoms with E-state index in [4.69, 9.17) is 5.11 Å². The standard InChI is InChI=1S/C8H10N2O4S/c1-5(4-11)9-8(12)6-2-3-7(15-6)10(13)14/h2-3,5,11H,4H2,1H3,(H,9,12)/t5-/m1/s1. The first kappa shape index (κ1) is 11.6. The van der Waals surface area contributed by atoms with Crippen molar-refractivity contribution >= 4 is 22.2 Å². The molecule has 0 aliphatic carbocycles. The summed E-state index contributed by atoms with van der Waals surface area (Å²) in [4.78, 5) is 21.5. The summed E-state index contributed by atoms with van der Waals surface area (Å²) >= 11 is 0.809. The lowest BCUT2D eigenvalue weighted by Crippen LogP contribution is -2.34. The molecule has 0 saturated carbocycles. The lowest BCUT2D eigenvalue weighted by molar-refractivity contribution is -0.380. The van der Waals surface area contributed by atoms with Crippen LogP contribution in [0.15, 0.2) is 12.1 Å². The van der Waals surface area contributed by atoms with Crippen LogP contribution in [0.5, 0.6) is 0 Å². The Morgan fingerprint density at radius 1 is 1.73 bits per heavy atom. The Labute approximate surface area is 89.7 Å². The van der Waals surface area contributed by atoms with Gasteiger partial charge in [0.15, 0.2) is 0 Å². The number of amides is 1. The van der Waals surface area contributed by atoms with Crippen LogP contribution in [0, 0.1) is 10.1 Å². The van der Waals surface area contributed by atoms with E-state index in [1.54, 1.807) is 6.92 Å². The van der Waals surface area contributed by atoms with Gasteiger partial charge in [-0.3, -0.25) is 14.9 Å². The van der Waals surface area contributed by atoms with Gasteiger partial charge < -0.3 is 10.4 Å². The number of carbonyl (C=O) groups is 1. The number of rotatable bonds is 4. The average Bonchev–Trinajstić information content (AvgIpc) is 2.66. The highest BCUT2D eigenvalue weighted by atomic mass is 32.1. The molecule has 1 rings (SSSR count). The quantitative estimate of drug-likeness (QED) is 0.590. The number of nitrogens with zero attached hydrogens (tertiary/aromatic N) is 1. The van der Waals surface area contributed by atoms with E-state index in [-0.39, 0.29) is 22.5 Å². The highest BCUT2D eigenvalue weighted by Gasteiger charge is 2.16. The average molecular weight is 230 g/mol. The molecule has 1 aromatic heterocycles. The van der Waals surface area contributed by atoms with Gasteiger partial charge in [0.05, 0.1) is 16.4 Å². The largest absolute Gasteiger partial charge is 0.394 e. The molecule has 0 bridgehead atoms. The first-order valence-electron chi connectivity index (χ1n) is 4.20. The maximum Gasteiger partial charge on any atom is 0.324 e.